The molecule has 1 aliphatic rings. The molecule has 3 heterocycles. The summed E-state index contributed by atoms with van der Waals surface area (Å²) < 4.78 is 0. The Morgan fingerprint density at radius 3 is 2.86 bits per heavy atom. The monoisotopic (exact) mass is 302 g/mol. The van der Waals surface area contributed by atoms with Gasteiger partial charge in [-0.2, -0.15) is 5.10 Å². The topological polar surface area (TPSA) is 101 Å². The average molecular weight is 302 g/mol. The minimum Gasteiger partial charge on any atom is -0.336 e. The highest BCUT2D eigenvalue weighted by molar-refractivity contribution is 5.41. The van der Waals surface area contributed by atoms with Crippen LogP contribution in [-0.4, -0.2) is 31.6 Å². The van der Waals surface area contributed by atoms with Crippen molar-refractivity contribution in [1.29, 1.82) is 0 Å². The summed E-state index contributed by atoms with van der Waals surface area (Å²) in [5.41, 5.74) is 2.60. The van der Waals surface area contributed by atoms with Crippen LogP contribution in [0.1, 0.15) is 30.8 Å². The summed E-state index contributed by atoms with van der Waals surface area (Å²) in [4.78, 5) is 21.0. The molecule has 0 fully saturated rings. The van der Waals surface area contributed by atoms with Gasteiger partial charge in [-0.05, 0) is 18.8 Å². The molecule has 1 aliphatic heterocycles. The molecule has 0 saturated carbocycles. The minimum absolute atomic E-state index is 0.0246. The third-order valence-corrected chi connectivity index (χ3v) is 3.86. The molecule has 0 atom stereocenters. The van der Waals surface area contributed by atoms with Crippen molar-refractivity contribution in [2.24, 2.45) is 5.41 Å². The Morgan fingerprint density at radius 2 is 2.18 bits per heavy atom. The third kappa shape index (κ3) is 2.63. The fraction of sp³-hybridized carbons (Fsp3) is 0.500. The van der Waals surface area contributed by atoms with E-state index in [2.05, 4.69) is 38.9 Å². The predicted octanol–water partition coefficient (Wildman–Crippen LogP) is 2.01. The van der Waals surface area contributed by atoms with Gasteiger partial charge in [0.15, 0.2) is 0 Å². The molecule has 0 unspecified atom stereocenters. The van der Waals surface area contributed by atoms with Crippen LogP contribution in [-0.2, 0) is 13.0 Å². The first-order valence-corrected chi connectivity index (χ1v) is 7.10. The molecular weight excluding hydrogens is 284 g/mol. The van der Waals surface area contributed by atoms with Gasteiger partial charge in [-0.25, -0.2) is 9.97 Å². The maximum atomic E-state index is 10.9. The fourth-order valence-electron chi connectivity index (χ4n) is 2.86. The van der Waals surface area contributed by atoms with E-state index in [0.717, 1.165) is 24.2 Å². The number of nitrogens with one attached hydrogen (secondary N) is 1. The van der Waals surface area contributed by atoms with E-state index in [9.17, 15) is 10.1 Å². The van der Waals surface area contributed by atoms with Crippen LogP contribution < -0.4 is 4.90 Å². The molecule has 0 radical (unpaired) electrons. The summed E-state index contributed by atoms with van der Waals surface area (Å²) in [5.74, 6) is 0.519. The van der Waals surface area contributed by atoms with Crippen molar-refractivity contribution in [3.63, 3.8) is 0 Å². The molecule has 0 amide bonds. The maximum Gasteiger partial charge on any atom is 0.308 e. The van der Waals surface area contributed by atoms with E-state index in [-0.39, 0.29) is 11.1 Å². The van der Waals surface area contributed by atoms with E-state index in [1.165, 1.54) is 6.20 Å². The molecule has 0 saturated heterocycles. The van der Waals surface area contributed by atoms with E-state index < -0.39 is 4.92 Å². The molecule has 0 aromatic carbocycles. The number of hydrogen-bond acceptors (Lipinski definition) is 6. The number of aromatic nitrogens is 4. The van der Waals surface area contributed by atoms with Crippen molar-refractivity contribution >= 4 is 11.6 Å². The number of rotatable bonds is 2. The van der Waals surface area contributed by atoms with Gasteiger partial charge < -0.3 is 4.90 Å². The molecule has 1 N–H and O–H groups in total. The lowest BCUT2D eigenvalue weighted by atomic mass is 9.88. The minimum atomic E-state index is -0.459. The fourth-order valence-corrected chi connectivity index (χ4v) is 2.86. The van der Waals surface area contributed by atoms with Crippen molar-refractivity contribution in [2.45, 2.75) is 33.7 Å². The van der Waals surface area contributed by atoms with Crippen LogP contribution >= 0.6 is 0 Å². The van der Waals surface area contributed by atoms with Crippen LogP contribution in [0.3, 0.4) is 0 Å². The number of aryl methyl sites for hydroxylation is 1. The number of fused-ring (bicyclic) bond motifs is 1. The third-order valence-electron chi connectivity index (χ3n) is 3.86. The highest BCUT2D eigenvalue weighted by atomic mass is 16.6. The number of aromatic amines is 1. The smallest absolute Gasteiger partial charge is 0.308 e. The first-order valence-electron chi connectivity index (χ1n) is 7.10. The highest BCUT2D eigenvalue weighted by Crippen LogP contribution is 2.31. The largest absolute Gasteiger partial charge is 0.336 e. The lowest BCUT2D eigenvalue weighted by Gasteiger charge is -2.29. The number of nitro groups is 1. The number of hydrogen-bond donors (Lipinski definition) is 1. The van der Waals surface area contributed by atoms with Crippen molar-refractivity contribution < 1.29 is 4.92 Å². The molecule has 2 aromatic rings. The summed E-state index contributed by atoms with van der Waals surface area (Å²) in [6, 6.07) is 0. The quantitative estimate of drug-likeness (QED) is 0.672. The van der Waals surface area contributed by atoms with E-state index in [0.29, 0.717) is 18.2 Å². The lowest BCUT2D eigenvalue weighted by molar-refractivity contribution is -0.386. The Bertz CT molecular complexity index is 724. The van der Waals surface area contributed by atoms with Gasteiger partial charge in [-0.15, -0.1) is 0 Å². The molecule has 3 rings (SSSR count). The second-order valence-corrected chi connectivity index (χ2v) is 6.47. The lowest BCUT2D eigenvalue weighted by Crippen LogP contribution is -2.34. The second-order valence-electron chi connectivity index (χ2n) is 6.47. The van der Waals surface area contributed by atoms with Crippen LogP contribution in [0.15, 0.2) is 12.4 Å². The van der Waals surface area contributed by atoms with Gasteiger partial charge in [0.2, 0.25) is 5.95 Å². The van der Waals surface area contributed by atoms with Gasteiger partial charge in [0.25, 0.3) is 0 Å². The SMILES string of the molecule is Cc1nc(N2Cc3cn[nH]c3CC(C)(C)C2)ncc1[N+](=O)[O-]. The Labute approximate surface area is 127 Å². The Hall–Kier alpha value is -2.51. The van der Waals surface area contributed by atoms with Gasteiger partial charge in [0, 0.05) is 24.3 Å². The normalized spacial score (nSPS) is 17.0. The van der Waals surface area contributed by atoms with Crippen LogP contribution in [0.2, 0.25) is 0 Å². The van der Waals surface area contributed by atoms with Gasteiger partial charge >= 0.3 is 5.69 Å². The average Bonchev–Trinajstić information content (AvgIpc) is 2.78. The summed E-state index contributed by atoms with van der Waals surface area (Å²) in [6.45, 7) is 7.40. The molecule has 0 aliphatic carbocycles. The molecule has 0 spiro atoms. The van der Waals surface area contributed by atoms with Crippen molar-refractivity contribution in [2.75, 3.05) is 11.4 Å². The predicted molar refractivity (Wildman–Crippen MR) is 80.5 cm³/mol. The molecule has 0 bridgehead atoms. The van der Waals surface area contributed by atoms with Gasteiger partial charge in [0.1, 0.15) is 11.9 Å². The zero-order valence-corrected chi connectivity index (χ0v) is 12.8. The summed E-state index contributed by atoms with van der Waals surface area (Å²) in [7, 11) is 0. The molecule has 8 nitrogen and oxygen atoms in total. The Morgan fingerprint density at radius 1 is 1.41 bits per heavy atom. The standard InChI is InChI=1S/C14H18N6O2/c1-9-12(20(21)22)6-15-13(17-9)19-7-10-5-16-18-11(10)4-14(2,3)8-19/h5-6H,4,7-8H2,1-3H3,(H,16,18). The first-order chi connectivity index (χ1) is 10.4. The zero-order chi connectivity index (χ0) is 15.9. The van der Waals surface area contributed by atoms with Gasteiger partial charge in [0.05, 0.1) is 11.1 Å². The van der Waals surface area contributed by atoms with Gasteiger partial charge in [-0.1, -0.05) is 13.8 Å². The van der Waals surface area contributed by atoms with Crippen LogP contribution in [0.25, 0.3) is 0 Å². The number of anilines is 1. The Balaban J connectivity index is 1.97. The summed E-state index contributed by atoms with van der Waals surface area (Å²) >= 11 is 0. The van der Waals surface area contributed by atoms with Crippen LogP contribution in [0.4, 0.5) is 11.6 Å². The first kappa shape index (κ1) is 14.4. The maximum absolute atomic E-state index is 10.9. The molecule has 116 valence electrons. The van der Waals surface area contributed by atoms with Crippen LogP contribution in [0.5, 0.6) is 0 Å². The molecule has 2 aromatic heterocycles. The summed E-state index contributed by atoms with van der Waals surface area (Å²) in [6.07, 6.45) is 4.00. The van der Waals surface area contributed by atoms with Crippen molar-refractivity contribution in [1.82, 2.24) is 20.2 Å². The van der Waals surface area contributed by atoms with E-state index in [1.807, 2.05) is 6.20 Å². The molecule has 22 heavy (non-hydrogen) atoms. The zero-order valence-electron chi connectivity index (χ0n) is 12.8. The van der Waals surface area contributed by atoms with Gasteiger partial charge in [-0.3, -0.25) is 15.2 Å². The molecular formula is C14H18N6O2. The highest BCUT2D eigenvalue weighted by Gasteiger charge is 2.30. The summed E-state index contributed by atoms with van der Waals surface area (Å²) in [5, 5.41) is 18.1. The van der Waals surface area contributed by atoms with E-state index in [1.54, 1.807) is 6.92 Å². The van der Waals surface area contributed by atoms with E-state index in [4.69, 9.17) is 0 Å². The second kappa shape index (κ2) is 5.04. The molecule has 8 heteroatoms. The Kier molecular flexibility index (Phi) is 3.31. The van der Waals surface area contributed by atoms with Crippen molar-refractivity contribution in [3.05, 3.63) is 39.5 Å². The van der Waals surface area contributed by atoms with Crippen LogP contribution in [0, 0.1) is 22.5 Å². The van der Waals surface area contributed by atoms with E-state index >= 15 is 0 Å². The number of nitrogens with zero attached hydrogens (tertiary/aromatic N) is 5. The van der Waals surface area contributed by atoms with Crippen molar-refractivity contribution in [3.8, 4) is 0 Å². The number of H-pyrrole nitrogens is 1.